The molecule has 0 saturated heterocycles. The van der Waals surface area contributed by atoms with Gasteiger partial charge in [-0.1, -0.05) is 30.3 Å². The van der Waals surface area contributed by atoms with Gasteiger partial charge in [-0.2, -0.15) is 0 Å². The number of halogens is 1. The smallest absolute Gasteiger partial charge is 0.191 e. The largest absolute Gasteiger partial charge is 0.356 e. The Morgan fingerprint density at radius 2 is 1.76 bits per heavy atom. The number of nitrogens with one attached hydrogen (secondary N) is 2. The number of hydrogen-bond donors (Lipinski definition) is 2. The van der Waals surface area contributed by atoms with E-state index >= 15 is 0 Å². The summed E-state index contributed by atoms with van der Waals surface area (Å²) in [4.78, 5) is 6.84. The van der Waals surface area contributed by atoms with Crippen molar-refractivity contribution in [1.29, 1.82) is 0 Å². The summed E-state index contributed by atoms with van der Waals surface area (Å²) in [5.74, 6) is 2.36. The molecule has 4 nitrogen and oxygen atoms in total. The van der Waals surface area contributed by atoms with Crippen LogP contribution >= 0.6 is 24.0 Å². The van der Waals surface area contributed by atoms with Crippen LogP contribution in [0.1, 0.15) is 45.6 Å². The molecule has 2 unspecified atom stereocenters. The summed E-state index contributed by atoms with van der Waals surface area (Å²) in [5, 5.41) is 6.93. The van der Waals surface area contributed by atoms with E-state index in [1.54, 1.807) is 0 Å². The molecule has 5 heteroatoms. The summed E-state index contributed by atoms with van der Waals surface area (Å²) >= 11 is 0. The van der Waals surface area contributed by atoms with Gasteiger partial charge in [0.25, 0.3) is 0 Å². The maximum Gasteiger partial charge on any atom is 0.191 e. The van der Waals surface area contributed by atoms with Gasteiger partial charge in [-0.25, -0.2) is 0 Å². The van der Waals surface area contributed by atoms with E-state index in [0.29, 0.717) is 18.0 Å². The number of aliphatic imine (C=N–C) groups is 1. The van der Waals surface area contributed by atoms with Crippen molar-refractivity contribution in [3.63, 3.8) is 0 Å². The topological polar surface area (TPSA) is 39.7 Å². The Morgan fingerprint density at radius 3 is 2.32 bits per heavy atom. The van der Waals surface area contributed by atoms with Crippen LogP contribution in [0.3, 0.4) is 0 Å². The summed E-state index contributed by atoms with van der Waals surface area (Å²) in [6, 6.07) is 12.0. The highest BCUT2D eigenvalue weighted by molar-refractivity contribution is 14.0. The molecule has 1 aliphatic carbocycles. The fraction of sp³-hybridized carbons (Fsp3) is 0.650. The van der Waals surface area contributed by atoms with Gasteiger partial charge in [0.2, 0.25) is 0 Å². The first-order valence-electron chi connectivity index (χ1n) is 9.28. The molecule has 2 N–H and O–H groups in total. The van der Waals surface area contributed by atoms with E-state index in [-0.39, 0.29) is 24.0 Å². The van der Waals surface area contributed by atoms with E-state index in [1.165, 1.54) is 12.0 Å². The molecule has 25 heavy (non-hydrogen) atoms. The fourth-order valence-corrected chi connectivity index (χ4v) is 3.45. The Balaban J connectivity index is 0.00000312. The van der Waals surface area contributed by atoms with Gasteiger partial charge < -0.3 is 10.6 Å². The lowest BCUT2D eigenvalue weighted by atomic mass is 10.1. The van der Waals surface area contributed by atoms with Gasteiger partial charge in [0.05, 0.1) is 0 Å². The van der Waals surface area contributed by atoms with E-state index in [2.05, 4.69) is 78.6 Å². The van der Waals surface area contributed by atoms with Gasteiger partial charge in [0, 0.05) is 38.8 Å². The van der Waals surface area contributed by atoms with E-state index in [0.717, 1.165) is 31.5 Å². The average Bonchev–Trinajstić information content (AvgIpc) is 3.34. The van der Waals surface area contributed by atoms with Crippen LogP contribution in [0.2, 0.25) is 0 Å². The molecule has 1 aliphatic rings. The third-order valence-corrected chi connectivity index (χ3v) is 4.89. The lowest BCUT2D eigenvalue weighted by Crippen LogP contribution is -2.45. The first-order valence-corrected chi connectivity index (χ1v) is 9.28. The molecule has 142 valence electrons. The molecule has 0 aromatic heterocycles. The van der Waals surface area contributed by atoms with Gasteiger partial charge >= 0.3 is 0 Å². The van der Waals surface area contributed by atoms with Gasteiger partial charge in [0.15, 0.2) is 5.96 Å². The number of hydrogen-bond acceptors (Lipinski definition) is 2. The van der Waals surface area contributed by atoms with Gasteiger partial charge in [0.1, 0.15) is 0 Å². The van der Waals surface area contributed by atoms with Crippen LogP contribution < -0.4 is 10.6 Å². The number of benzene rings is 1. The van der Waals surface area contributed by atoms with E-state index < -0.39 is 0 Å². The second kappa shape index (κ2) is 11.0. The van der Waals surface area contributed by atoms with Crippen molar-refractivity contribution in [2.45, 2.75) is 52.1 Å². The van der Waals surface area contributed by atoms with Crippen molar-refractivity contribution >= 4 is 29.9 Å². The van der Waals surface area contributed by atoms with Crippen molar-refractivity contribution in [2.24, 2.45) is 10.9 Å². The molecular weight excluding hydrogens is 423 g/mol. The number of rotatable bonds is 8. The molecular formula is C20H35IN4. The van der Waals surface area contributed by atoms with Crippen LogP contribution in [0, 0.1) is 5.92 Å². The fourth-order valence-electron chi connectivity index (χ4n) is 3.45. The minimum Gasteiger partial charge on any atom is -0.356 e. The summed E-state index contributed by atoms with van der Waals surface area (Å²) in [5.41, 5.74) is 1.47. The zero-order valence-corrected chi connectivity index (χ0v) is 18.7. The predicted octanol–water partition coefficient (Wildman–Crippen LogP) is 3.69. The van der Waals surface area contributed by atoms with Crippen molar-refractivity contribution in [3.8, 4) is 0 Å². The molecule has 0 aliphatic heterocycles. The molecule has 2 rings (SSSR count). The summed E-state index contributed by atoms with van der Waals surface area (Å²) in [6.07, 6.45) is 1.28. The van der Waals surface area contributed by atoms with Crippen LogP contribution in [-0.4, -0.2) is 49.6 Å². The molecule has 1 saturated carbocycles. The SMILES string of the molecule is CN=C(NCCN(C(C)C)C(C)C)NCC1CC1c1ccccc1.I. The predicted molar refractivity (Wildman–Crippen MR) is 119 cm³/mol. The second-order valence-electron chi connectivity index (χ2n) is 7.32. The number of guanidine groups is 1. The van der Waals surface area contributed by atoms with Crippen molar-refractivity contribution in [3.05, 3.63) is 35.9 Å². The third-order valence-electron chi connectivity index (χ3n) is 4.89. The lowest BCUT2D eigenvalue weighted by Gasteiger charge is -2.30. The van der Waals surface area contributed by atoms with Crippen LogP contribution in [-0.2, 0) is 0 Å². The van der Waals surface area contributed by atoms with Gasteiger partial charge in [-0.15, -0.1) is 24.0 Å². The summed E-state index contributed by atoms with van der Waals surface area (Å²) in [6.45, 7) is 12.0. The Bertz CT molecular complexity index is 508. The molecule has 0 bridgehead atoms. The number of nitrogens with zero attached hydrogens (tertiary/aromatic N) is 2. The zero-order chi connectivity index (χ0) is 17.5. The molecule has 0 spiro atoms. The van der Waals surface area contributed by atoms with Crippen molar-refractivity contribution in [1.82, 2.24) is 15.5 Å². The van der Waals surface area contributed by atoms with Crippen molar-refractivity contribution < 1.29 is 0 Å². The summed E-state index contributed by atoms with van der Waals surface area (Å²) < 4.78 is 0. The standard InChI is InChI=1S/C20H34N4.HI/c1-15(2)24(16(3)4)12-11-22-20(21-5)23-14-18-13-19(18)17-9-7-6-8-10-17;/h6-10,15-16,18-19H,11-14H2,1-5H3,(H2,21,22,23);1H. The van der Waals surface area contributed by atoms with Gasteiger partial charge in [-0.05, 0) is 51.5 Å². The highest BCUT2D eigenvalue weighted by Gasteiger charge is 2.37. The molecule has 0 heterocycles. The van der Waals surface area contributed by atoms with Crippen LogP contribution in [0.15, 0.2) is 35.3 Å². The molecule has 0 amide bonds. The van der Waals surface area contributed by atoms with Crippen LogP contribution in [0.4, 0.5) is 0 Å². The highest BCUT2D eigenvalue weighted by Crippen LogP contribution is 2.46. The van der Waals surface area contributed by atoms with Crippen LogP contribution in [0.25, 0.3) is 0 Å². The monoisotopic (exact) mass is 458 g/mol. The molecule has 0 radical (unpaired) electrons. The first-order chi connectivity index (χ1) is 11.5. The maximum atomic E-state index is 4.35. The average molecular weight is 458 g/mol. The van der Waals surface area contributed by atoms with E-state index in [9.17, 15) is 0 Å². The first kappa shape index (κ1) is 22.2. The molecule has 1 aromatic carbocycles. The van der Waals surface area contributed by atoms with Crippen LogP contribution in [0.5, 0.6) is 0 Å². The van der Waals surface area contributed by atoms with E-state index in [4.69, 9.17) is 0 Å². The Kier molecular flexibility index (Phi) is 9.79. The lowest BCUT2D eigenvalue weighted by molar-refractivity contribution is 0.178. The van der Waals surface area contributed by atoms with Gasteiger partial charge in [-0.3, -0.25) is 9.89 Å². The maximum absolute atomic E-state index is 4.35. The second-order valence-corrected chi connectivity index (χ2v) is 7.32. The third kappa shape index (κ3) is 7.13. The molecule has 2 atom stereocenters. The quantitative estimate of drug-likeness (QED) is 0.355. The zero-order valence-electron chi connectivity index (χ0n) is 16.3. The minimum absolute atomic E-state index is 0. The minimum atomic E-state index is 0. The normalized spacial score (nSPS) is 19.9. The Morgan fingerprint density at radius 1 is 1.12 bits per heavy atom. The van der Waals surface area contributed by atoms with E-state index in [1.807, 2.05) is 7.05 Å². The molecule has 1 fully saturated rings. The molecule has 1 aromatic rings. The van der Waals surface area contributed by atoms with Crippen molar-refractivity contribution in [2.75, 3.05) is 26.7 Å². The Hall–Kier alpha value is -0.820. The Labute approximate surface area is 170 Å². The summed E-state index contributed by atoms with van der Waals surface area (Å²) in [7, 11) is 1.85. The highest BCUT2D eigenvalue weighted by atomic mass is 127.